The van der Waals surface area contributed by atoms with Crippen molar-refractivity contribution in [3.05, 3.63) is 35.6 Å². The Kier molecular flexibility index (Phi) is 6.61. The summed E-state index contributed by atoms with van der Waals surface area (Å²) >= 11 is 0. The van der Waals surface area contributed by atoms with Crippen LogP contribution in [0.2, 0.25) is 0 Å². The minimum atomic E-state index is -0.829. The van der Waals surface area contributed by atoms with Crippen LogP contribution in [0.1, 0.15) is 24.8 Å². The van der Waals surface area contributed by atoms with Gasteiger partial charge >= 0.3 is 0 Å². The Morgan fingerprint density at radius 2 is 1.95 bits per heavy atom. The molecule has 1 rings (SSSR count). The summed E-state index contributed by atoms with van der Waals surface area (Å²) in [6, 6.07) is 5.01. The van der Waals surface area contributed by atoms with Gasteiger partial charge in [-0.2, -0.15) is 0 Å². The lowest BCUT2D eigenvalue weighted by molar-refractivity contribution is -0.131. The Labute approximate surface area is 116 Å². The van der Waals surface area contributed by atoms with E-state index in [4.69, 9.17) is 10.9 Å². The van der Waals surface area contributed by atoms with E-state index < -0.39 is 11.9 Å². The van der Waals surface area contributed by atoms with Crippen molar-refractivity contribution in [3.8, 4) is 0 Å². The molecule has 110 valence electrons. The van der Waals surface area contributed by atoms with Crippen molar-refractivity contribution in [1.29, 1.82) is 0 Å². The number of nitrogens with two attached hydrogens (primary N) is 1. The maximum absolute atomic E-state index is 12.7. The first-order valence-corrected chi connectivity index (χ1v) is 6.23. The molecule has 0 bridgehead atoms. The summed E-state index contributed by atoms with van der Waals surface area (Å²) in [4.78, 5) is 22.4. The molecule has 0 aliphatic carbocycles. The molecule has 1 atom stereocenters. The van der Waals surface area contributed by atoms with Crippen LogP contribution < -0.4 is 16.5 Å². The summed E-state index contributed by atoms with van der Waals surface area (Å²) in [7, 11) is 0. The molecular weight excluding hydrogens is 265 g/mol. The second-order valence-electron chi connectivity index (χ2n) is 4.38. The molecule has 1 aromatic carbocycles. The van der Waals surface area contributed by atoms with Crippen molar-refractivity contribution in [1.82, 2.24) is 10.8 Å². The molecule has 0 radical (unpaired) electrons. The fourth-order valence-electron chi connectivity index (χ4n) is 1.59. The molecule has 0 saturated heterocycles. The van der Waals surface area contributed by atoms with E-state index in [9.17, 15) is 14.0 Å². The zero-order chi connectivity index (χ0) is 15.0. The van der Waals surface area contributed by atoms with Gasteiger partial charge in [-0.25, -0.2) is 9.87 Å². The minimum absolute atomic E-state index is 0.175. The highest BCUT2D eigenvalue weighted by atomic mass is 19.1. The molecule has 7 heteroatoms. The largest absolute Gasteiger partial charge is 0.352 e. The molecular formula is C13H18FN3O3. The maximum atomic E-state index is 12.7. The van der Waals surface area contributed by atoms with Crippen LogP contribution in [0.15, 0.2) is 24.3 Å². The molecule has 20 heavy (non-hydrogen) atoms. The summed E-state index contributed by atoms with van der Waals surface area (Å²) in [6.07, 6.45) is 0.966. The molecule has 0 aliphatic rings. The van der Waals surface area contributed by atoms with E-state index in [1.807, 2.05) is 0 Å². The SMILES string of the molecule is N[C@@H](CCCC(=O)NCc1ccc(F)cc1)C(=O)NO. The van der Waals surface area contributed by atoms with E-state index in [1.54, 1.807) is 12.1 Å². The van der Waals surface area contributed by atoms with Crippen LogP contribution in [0.5, 0.6) is 0 Å². The molecule has 6 nitrogen and oxygen atoms in total. The first kappa shape index (κ1) is 16.1. The number of hydrogen-bond acceptors (Lipinski definition) is 4. The Morgan fingerprint density at radius 3 is 2.55 bits per heavy atom. The number of hydrogen-bond donors (Lipinski definition) is 4. The number of amides is 2. The molecule has 0 fully saturated rings. The third-order valence-corrected chi connectivity index (χ3v) is 2.77. The highest BCUT2D eigenvalue weighted by Crippen LogP contribution is 2.03. The fraction of sp³-hybridized carbons (Fsp3) is 0.385. The van der Waals surface area contributed by atoms with Crippen molar-refractivity contribution >= 4 is 11.8 Å². The van der Waals surface area contributed by atoms with Crippen LogP contribution in [-0.2, 0) is 16.1 Å². The third-order valence-electron chi connectivity index (χ3n) is 2.77. The lowest BCUT2D eigenvalue weighted by Crippen LogP contribution is -2.39. The van der Waals surface area contributed by atoms with Gasteiger partial charge in [0, 0.05) is 13.0 Å². The lowest BCUT2D eigenvalue weighted by Gasteiger charge is -2.09. The molecule has 1 aromatic rings. The quantitative estimate of drug-likeness (QED) is 0.430. The van der Waals surface area contributed by atoms with Gasteiger partial charge in [0.2, 0.25) is 5.91 Å². The summed E-state index contributed by atoms with van der Waals surface area (Å²) in [5, 5.41) is 11.0. The number of rotatable bonds is 7. The first-order valence-electron chi connectivity index (χ1n) is 6.23. The van der Waals surface area contributed by atoms with Crippen LogP contribution in [-0.4, -0.2) is 23.1 Å². The number of carbonyl (C=O) groups excluding carboxylic acids is 2. The first-order chi connectivity index (χ1) is 9.52. The zero-order valence-electron chi connectivity index (χ0n) is 10.9. The van der Waals surface area contributed by atoms with Gasteiger partial charge in [0.05, 0.1) is 6.04 Å². The van der Waals surface area contributed by atoms with Crippen LogP contribution in [0.4, 0.5) is 4.39 Å². The van der Waals surface area contributed by atoms with Crippen molar-refractivity contribution < 1.29 is 19.2 Å². The van der Waals surface area contributed by atoms with E-state index >= 15 is 0 Å². The van der Waals surface area contributed by atoms with Gasteiger partial charge in [-0.3, -0.25) is 14.8 Å². The van der Waals surface area contributed by atoms with Crippen LogP contribution >= 0.6 is 0 Å². The molecule has 0 aromatic heterocycles. The van der Waals surface area contributed by atoms with Gasteiger partial charge in [0.25, 0.3) is 5.91 Å². The van der Waals surface area contributed by atoms with Crippen molar-refractivity contribution in [2.24, 2.45) is 5.73 Å². The topological polar surface area (TPSA) is 104 Å². The van der Waals surface area contributed by atoms with Gasteiger partial charge in [-0.15, -0.1) is 0 Å². The predicted octanol–water partition coefficient (Wildman–Crippen LogP) is 0.445. The van der Waals surface area contributed by atoms with Gasteiger partial charge in [-0.05, 0) is 30.5 Å². The number of carbonyl (C=O) groups is 2. The summed E-state index contributed by atoms with van der Waals surface area (Å²) in [5.74, 6) is -1.17. The predicted molar refractivity (Wildman–Crippen MR) is 70.0 cm³/mol. The highest BCUT2D eigenvalue weighted by molar-refractivity contribution is 5.80. The van der Waals surface area contributed by atoms with Crippen molar-refractivity contribution in [3.63, 3.8) is 0 Å². The Balaban J connectivity index is 2.20. The molecule has 0 unspecified atom stereocenters. The molecule has 2 amide bonds. The lowest BCUT2D eigenvalue weighted by atomic mass is 10.1. The smallest absolute Gasteiger partial charge is 0.260 e. The van der Waals surface area contributed by atoms with E-state index in [-0.39, 0.29) is 18.1 Å². The molecule has 0 saturated carbocycles. The number of benzene rings is 1. The second kappa shape index (κ2) is 8.23. The number of hydroxylamine groups is 1. The summed E-state index contributed by atoms with van der Waals surface area (Å²) in [5.41, 5.74) is 7.71. The third kappa shape index (κ3) is 5.77. The second-order valence-corrected chi connectivity index (χ2v) is 4.38. The monoisotopic (exact) mass is 283 g/mol. The van der Waals surface area contributed by atoms with E-state index in [0.29, 0.717) is 19.4 Å². The van der Waals surface area contributed by atoms with Crippen LogP contribution in [0, 0.1) is 5.82 Å². The van der Waals surface area contributed by atoms with Crippen molar-refractivity contribution in [2.45, 2.75) is 31.8 Å². The zero-order valence-corrected chi connectivity index (χ0v) is 10.9. The fourth-order valence-corrected chi connectivity index (χ4v) is 1.59. The van der Waals surface area contributed by atoms with Gasteiger partial charge in [0.1, 0.15) is 5.82 Å². The number of nitrogens with one attached hydrogen (secondary N) is 2. The van der Waals surface area contributed by atoms with E-state index in [0.717, 1.165) is 5.56 Å². The normalized spacial score (nSPS) is 11.8. The average Bonchev–Trinajstić information content (AvgIpc) is 2.45. The molecule has 0 spiro atoms. The van der Waals surface area contributed by atoms with Gasteiger partial charge in [-0.1, -0.05) is 12.1 Å². The Morgan fingerprint density at radius 1 is 1.30 bits per heavy atom. The molecule has 5 N–H and O–H groups in total. The highest BCUT2D eigenvalue weighted by Gasteiger charge is 2.12. The van der Waals surface area contributed by atoms with Crippen LogP contribution in [0.3, 0.4) is 0 Å². The van der Waals surface area contributed by atoms with Gasteiger partial charge in [0.15, 0.2) is 0 Å². The molecule has 0 heterocycles. The van der Waals surface area contributed by atoms with E-state index in [2.05, 4.69) is 5.32 Å². The summed E-state index contributed by atoms with van der Waals surface area (Å²) in [6.45, 7) is 0.322. The van der Waals surface area contributed by atoms with Crippen molar-refractivity contribution in [2.75, 3.05) is 0 Å². The minimum Gasteiger partial charge on any atom is -0.352 e. The van der Waals surface area contributed by atoms with Gasteiger partial charge < -0.3 is 11.1 Å². The molecule has 0 aliphatic heterocycles. The van der Waals surface area contributed by atoms with Crippen LogP contribution in [0.25, 0.3) is 0 Å². The standard InChI is InChI=1S/C13H18FN3O3/c14-10-6-4-9(5-7-10)8-16-12(18)3-1-2-11(15)13(19)17-20/h4-7,11,20H,1-3,8,15H2,(H,16,18)(H,17,19)/t11-/m0/s1. The Hall–Kier alpha value is -1.99. The maximum Gasteiger partial charge on any atom is 0.260 e. The Bertz CT molecular complexity index is 451. The number of halogens is 1. The van der Waals surface area contributed by atoms with E-state index in [1.165, 1.54) is 17.6 Å². The summed E-state index contributed by atoms with van der Waals surface area (Å²) < 4.78 is 12.7. The average molecular weight is 283 g/mol.